The summed E-state index contributed by atoms with van der Waals surface area (Å²) >= 11 is 0. The third kappa shape index (κ3) is 5.07. The molecular formula is C26H28F2N2. The van der Waals surface area contributed by atoms with E-state index in [2.05, 4.69) is 11.8 Å². The zero-order chi connectivity index (χ0) is 21.7. The predicted octanol–water partition coefficient (Wildman–Crippen LogP) is 6.76. The maximum absolute atomic E-state index is 14.8. The van der Waals surface area contributed by atoms with Gasteiger partial charge in [0.25, 0.3) is 0 Å². The molecule has 0 aliphatic heterocycles. The first-order valence-electron chi connectivity index (χ1n) is 10.2. The SMILES string of the molecule is C/C=C/c1cc(F)cc(N(C)Cc2ccc(-c3ccc(N(C)CC)cc3)cc2F)c1. The van der Waals surface area contributed by atoms with Crippen LogP contribution in [0.25, 0.3) is 17.2 Å². The van der Waals surface area contributed by atoms with E-state index in [9.17, 15) is 8.78 Å². The minimum atomic E-state index is -0.305. The second-order valence-corrected chi connectivity index (χ2v) is 7.47. The Bertz CT molecular complexity index is 1030. The second kappa shape index (κ2) is 9.57. The lowest BCUT2D eigenvalue weighted by molar-refractivity contribution is 0.607. The van der Waals surface area contributed by atoms with Gasteiger partial charge in [0.05, 0.1) is 0 Å². The molecule has 156 valence electrons. The average Bonchev–Trinajstić information content (AvgIpc) is 2.74. The maximum Gasteiger partial charge on any atom is 0.128 e. The minimum Gasteiger partial charge on any atom is -0.375 e. The molecule has 0 saturated carbocycles. The van der Waals surface area contributed by atoms with Crippen LogP contribution in [-0.2, 0) is 6.54 Å². The predicted molar refractivity (Wildman–Crippen MR) is 124 cm³/mol. The molecular weight excluding hydrogens is 378 g/mol. The number of anilines is 2. The van der Waals surface area contributed by atoms with Crippen LogP contribution >= 0.6 is 0 Å². The van der Waals surface area contributed by atoms with Gasteiger partial charge in [-0.05, 0) is 66.9 Å². The highest BCUT2D eigenvalue weighted by atomic mass is 19.1. The number of halogens is 2. The van der Waals surface area contributed by atoms with E-state index in [1.165, 1.54) is 12.1 Å². The highest BCUT2D eigenvalue weighted by Crippen LogP contribution is 2.26. The van der Waals surface area contributed by atoms with Crippen LogP contribution in [0, 0.1) is 11.6 Å². The molecule has 3 aromatic rings. The molecule has 0 saturated heterocycles. The lowest BCUT2D eigenvalue weighted by Crippen LogP contribution is -2.17. The number of nitrogens with zero attached hydrogens (tertiary/aromatic N) is 2. The van der Waals surface area contributed by atoms with Crippen molar-refractivity contribution in [2.75, 3.05) is 30.4 Å². The lowest BCUT2D eigenvalue weighted by Gasteiger charge is -2.21. The van der Waals surface area contributed by atoms with Crippen molar-refractivity contribution >= 4 is 17.5 Å². The van der Waals surface area contributed by atoms with Crippen LogP contribution < -0.4 is 9.80 Å². The van der Waals surface area contributed by atoms with E-state index < -0.39 is 0 Å². The summed E-state index contributed by atoms with van der Waals surface area (Å²) in [5, 5.41) is 0. The summed E-state index contributed by atoms with van der Waals surface area (Å²) in [5.41, 5.74) is 5.01. The van der Waals surface area contributed by atoms with Gasteiger partial charge in [-0.15, -0.1) is 0 Å². The van der Waals surface area contributed by atoms with E-state index in [1.54, 1.807) is 12.1 Å². The molecule has 0 N–H and O–H groups in total. The molecule has 0 aromatic heterocycles. The van der Waals surface area contributed by atoms with Crippen molar-refractivity contribution in [3.8, 4) is 11.1 Å². The topological polar surface area (TPSA) is 6.48 Å². The minimum absolute atomic E-state index is 0.265. The number of hydrogen-bond donors (Lipinski definition) is 0. The van der Waals surface area contributed by atoms with Gasteiger partial charge < -0.3 is 9.80 Å². The van der Waals surface area contributed by atoms with Gasteiger partial charge in [0.15, 0.2) is 0 Å². The molecule has 0 amide bonds. The number of rotatable bonds is 7. The Morgan fingerprint density at radius 3 is 2.13 bits per heavy atom. The van der Waals surface area contributed by atoms with Crippen molar-refractivity contribution in [3.63, 3.8) is 0 Å². The second-order valence-electron chi connectivity index (χ2n) is 7.47. The number of hydrogen-bond acceptors (Lipinski definition) is 2. The molecule has 30 heavy (non-hydrogen) atoms. The van der Waals surface area contributed by atoms with Crippen molar-refractivity contribution in [2.24, 2.45) is 0 Å². The Morgan fingerprint density at radius 1 is 0.800 bits per heavy atom. The van der Waals surface area contributed by atoms with Gasteiger partial charge in [0.2, 0.25) is 0 Å². The van der Waals surface area contributed by atoms with Crippen LogP contribution in [0.15, 0.2) is 66.7 Å². The molecule has 3 rings (SSSR count). The molecule has 2 nitrogen and oxygen atoms in total. The Labute approximate surface area is 178 Å². The normalized spacial score (nSPS) is 11.1. The summed E-state index contributed by atoms with van der Waals surface area (Å²) in [7, 11) is 3.88. The van der Waals surface area contributed by atoms with Gasteiger partial charge in [-0.3, -0.25) is 0 Å². The zero-order valence-corrected chi connectivity index (χ0v) is 18.0. The van der Waals surface area contributed by atoms with Gasteiger partial charge in [-0.25, -0.2) is 8.78 Å². The standard InChI is InChI=1S/C26H28F2N2/c1-5-7-19-14-23(27)17-25(15-19)30(4)18-22-9-8-21(16-26(22)28)20-10-12-24(13-11-20)29(3)6-2/h5,7-17H,6,18H2,1-4H3/b7-5+. The molecule has 0 aliphatic rings. The van der Waals surface area contributed by atoms with Gasteiger partial charge >= 0.3 is 0 Å². The van der Waals surface area contributed by atoms with E-state index in [0.717, 1.165) is 28.9 Å². The Morgan fingerprint density at radius 2 is 1.50 bits per heavy atom. The van der Waals surface area contributed by atoms with Gasteiger partial charge in [0, 0.05) is 44.1 Å². The van der Waals surface area contributed by atoms with E-state index in [-0.39, 0.29) is 11.6 Å². The third-order valence-electron chi connectivity index (χ3n) is 5.28. The average molecular weight is 407 g/mol. The molecule has 0 radical (unpaired) electrons. The molecule has 3 aromatic carbocycles. The van der Waals surface area contributed by atoms with Crippen molar-refractivity contribution < 1.29 is 8.78 Å². The van der Waals surface area contributed by atoms with Gasteiger partial charge in [-0.1, -0.05) is 36.4 Å². The first-order valence-corrected chi connectivity index (χ1v) is 10.2. The Balaban J connectivity index is 1.79. The van der Waals surface area contributed by atoms with E-state index >= 15 is 0 Å². The molecule has 0 unspecified atom stereocenters. The van der Waals surface area contributed by atoms with Crippen LogP contribution in [-0.4, -0.2) is 20.6 Å². The fraction of sp³-hybridized carbons (Fsp3) is 0.231. The van der Waals surface area contributed by atoms with Crippen molar-refractivity contribution in [1.29, 1.82) is 0 Å². The highest BCUT2D eigenvalue weighted by molar-refractivity contribution is 5.67. The van der Waals surface area contributed by atoms with Crippen molar-refractivity contribution in [3.05, 3.63) is 89.5 Å². The molecule has 0 fully saturated rings. The summed E-state index contributed by atoms with van der Waals surface area (Å²) in [6.07, 6.45) is 3.71. The zero-order valence-electron chi connectivity index (χ0n) is 18.0. The summed E-state index contributed by atoms with van der Waals surface area (Å²) in [6.45, 7) is 5.27. The molecule has 0 spiro atoms. The Hall–Kier alpha value is -3.14. The summed E-state index contributed by atoms with van der Waals surface area (Å²) < 4.78 is 28.8. The summed E-state index contributed by atoms with van der Waals surface area (Å²) in [5.74, 6) is -0.570. The fourth-order valence-corrected chi connectivity index (χ4v) is 3.40. The number of allylic oxidation sites excluding steroid dienone is 1. The fourth-order valence-electron chi connectivity index (χ4n) is 3.40. The van der Waals surface area contributed by atoms with Crippen molar-refractivity contribution in [2.45, 2.75) is 20.4 Å². The van der Waals surface area contributed by atoms with E-state index in [4.69, 9.17) is 0 Å². The van der Waals surface area contributed by atoms with Crippen LogP contribution in [0.2, 0.25) is 0 Å². The molecule has 0 heterocycles. The maximum atomic E-state index is 14.8. The highest BCUT2D eigenvalue weighted by Gasteiger charge is 2.10. The van der Waals surface area contributed by atoms with Crippen molar-refractivity contribution in [1.82, 2.24) is 0 Å². The Kier molecular flexibility index (Phi) is 6.88. The van der Waals surface area contributed by atoms with E-state index in [0.29, 0.717) is 17.8 Å². The monoisotopic (exact) mass is 406 g/mol. The molecule has 4 heteroatoms. The molecule has 0 atom stereocenters. The van der Waals surface area contributed by atoms with Gasteiger partial charge in [-0.2, -0.15) is 0 Å². The first kappa shape index (κ1) is 21.6. The quantitative estimate of drug-likeness (QED) is 0.428. The van der Waals surface area contributed by atoms with Crippen LogP contribution in [0.5, 0.6) is 0 Å². The molecule has 0 bridgehead atoms. The third-order valence-corrected chi connectivity index (χ3v) is 5.28. The van der Waals surface area contributed by atoms with E-state index in [1.807, 2.05) is 74.5 Å². The van der Waals surface area contributed by atoms with Crippen LogP contribution in [0.3, 0.4) is 0 Å². The van der Waals surface area contributed by atoms with Crippen LogP contribution in [0.4, 0.5) is 20.2 Å². The van der Waals surface area contributed by atoms with Gasteiger partial charge in [0.1, 0.15) is 11.6 Å². The smallest absolute Gasteiger partial charge is 0.128 e. The largest absolute Gasteiger partial charge is 0.375 e. The molecule has 0 aliphatic carbocycles. The summed E-state index contributed by atoms with van der Waals surface area (Å²) in [6, 6.07) is 18.3. The first-order chi connectivity index (χ1) is 14.4. The lowest BCUT2D eigenvalue weighted by atomic mass is 10.0. The van der Waals surface area contributed by atoms with Crippen LogP contribution in [0.1, 0.15) is 25.0 Å². The summed E-state index contributed by atoms with van der Waals surface area (Å²) in [4.78, 5) is 4.00. The number of benzene rings is 3.